The van der Waals surface area contributed by atoms with Gasteiger partial charge in [-0.05, 0) is 42.9 Å². The van der Waals surface area contributed by atoms with Crippen LogP contribution < -0.4 is 0 Å². The first-order chi connectivity index (χ1) is 11.5. The highest BCUT2D eigenvalue weighted by Crippen LogP contribution is 2.28. The summed E-state index contributed by atoms with van der Waals surface area (Å²) in [5.74, 6) is 0. The van der Waals surface area contributed by atoms with Crippen LogP contribution in [0.4, 0.5) is 4.79 Å². The Morgan fingerprint density at radius 1 is 1.36 bits per heavy atom. The number of carboxylic acid groups (broad SMARTS) is 1. The lowest BCUT2D eigenvalue weighted by molar-refractivity contribution is -0.176. The van der Waals surface area contributed by atoms with E-state index in [0.717, 1.165) is 25.9 Å². The first-order valence-corrected chi connectivity index (χ1v) is 9.16. The molecule has 1 amide bonds. The van der Waals surface area contributed by atoms with Crippen molar-refractivity contribution in [3.63, 3.8) is 0 Å². The van der Waals surface area contributed by atoms with E-state index in [1.54, 1.807) is 0 Å². The van der Waals surface area contributed by atoms with E-state index in [9.17, 15) is 15.2 Å². The van der Waals surface area contributed by atoms with Crippen molar-refractivity contribution in [1.29, 1.82) is 5.26 Å². The van der Waals surface area contributed by atoms with Crippen molar-refractivity contribution in [2.24, 2.45) is 10.8 Å². The zero-order valence-corrected chi connectivity index (χ0v) is 16.4. The molecule has 0 spiro atoms. The van der Waals surface area contributed by atoms with Crippen molar-refractivity contribution in [3.8, 4) is 6.07 Å². The molecule has 1 fully saturated rings. The van der Waals surface area contributed by atoms with E-state index >= 15 is 0 Å². The fraction of sp³-hybridized carbons (Fsp3) is 0.895. The van der Waals surface area contributed by atoms with Gasteiger partial charge in [0.15, 0.2) is 6.29 Å². The van der Waals surface area contributed by atoms with E-state index in [1.807, 2.05) is 20.8 Å². The van der Waals surface area contributed by atoms with Crippen molar-refractivity contribution in [2.75, 3.05) is 19.8 Å². The molecule has 6 nitrogen and oxygen atoms in total. The van der Waals surface area contributed by atoms with Crippen LogP contribution >= 0.6 is 0 Å². The second kappa shape index (κ2) is 9.40. The Labute approximate surface area is 152 Å². The molecule has 1 N–H and O–H groups in total. The summed E-state index contributed by atoms with van der Waals surface area (Å²) in [6, 6.07) is 1.53. The van der Waals surface area contributed by atoms with E-state index in [-0.39, 0.29) is 17.1 Å². The molecule has 1 rings (SSSR count). The molecule has 0 bridgehead atoms. The molecule has 1 aliphatic rings. The van der Waals surface area contributed by atoms with Gasteiger partial charge in [-0.15, -0.1) is 0 Å². The van der Waals surface area contributed by atoms with Crippen LogP contribution in [0.2, 0.25) is 0 Å². The minimum absolute atomic E-state index is 0.129. The minimum atomic E-state index is -1.04. The largest absolute Gasteiger partial charge is 0.465 e. The molecule has 144 valence electrons. The van der Waals surface area contributed by atoms with Gasteiger partial charge in [-0.2, -0.15) is 5.26 Å². The number of amides is 1. The molecule has 25 heavy (non-hydrogen) atoms. The van der Waals surface area contributed by atoms with Crippen LogP contribution in [-0.2, 0) is 9.47 Å². The zero-order valence-electron chi connectivity index (χ0n) is 16.4. The molecular formula is C19H34N2O4. The second-order valence-electron chi connectivity index (χ2n) is 8.93. The van der Waals surface area contributed by atoms with Gasteiger partial charge >= 0.3 is 6.09 Å². The van der Waals surface area contributed by atoms with Gasteiger partial charge in [-0.1, -0.05) is 34.6 Å². The molecule has 6 heteroatoms. The smallest absolute Gasteiger partial charge is 0.408 e. The topological polar surface area (TPSA) is 82.8 Å². The molecule has 0 saturated carbocycles. The molecule has 2 unspecified atom stereocenters. The predicted octanol–water partition coefficient (Wildman–Crippen LogP) is 4.25. The van der Waals surface area contributed by atoms with Crippen LogP contribution in [0.25, 0.3) is 0 Å². The molecule has 0 aromatic heterocycles. The Morgan fingerprint density at radius 3 is 2.52 bits per heavy atom. The van der Waals surface area contributed by atoms with E-state index in [0.29, 0.717) is 26.0 Å². The lowest BCUT2D eigenvalue weighted by Crippen LogP contribution is -2.44. The highest BCUT2D eigenvalue weighted by Gasteiger charge is 2.30. The number of rotatable bonds is 8. The van der Waals surface area contributed by atoms with E-state index in [4.69, 9.17) is 9.47 Å². The number of hydrogen-bond acceptors (Lipinski definition) is 4. The first-order valence-electron chi connectivity index (χ1n) is 9.16. The molecule has 0 radical (unpaired) electrons. The monoisotopic (exact) mass is 354 g/mol. The van der Waals surface area contributed by atoms with Crippen LogP contribution in [0.3, 0.4) is 0 Å². The first kappa shape index (κ1) is 21.7. The Hall–Kier alpha value is -1.32. The van der Waals surface area contributed by atoms with Crippen LogP contribution in [0, 0.1) is 22.2 Å². The van der Waals surface area contributed by atoms with Gasteiger partial charge in [0.05, 0.1) is 12.7 Å². The standard InChI is InChI=1S/C19H34N2O4/c1-18(2,3)13-21(17(22)23)15(12-20)9-10-19(4,5)14-25-16-8-6-7-11-24-16/h15-16H,6-11,13-14H2,1-5H3,(H,22,23). The predicted molar refractivity (Wildman–Crippen MR) is 96.1 cm³/mol. The normalized spacial score (nSPS) is 19.9. The Kier molecular flexibility index (Phi) is 8.17. The lowest BCUT2D eigenvalue weighted by Gasteiger charge is -2.33. The number of nitriles is 1. The minimum Gasteiger partial charge on any atom is -0.465 e. The number of ether oxygens (including phenoxy) is 2. The van der Waals surface area contributed by atoms with Gasteiger partial charge in [0.25, 0.3) is 0 Å². The summed E-state index contributed by atoms with van der Waals surface area (Å²) >= 11 is 0. The lowest BCUT2D eigenvalue weighted by atomic mass is 9.86. The Morgan fingerprint density at radius 2 is 2.04 bits per heavy atom. The summed E-state index contributed by atoms with van der Waals surface area (Å²) in [7, 11) is 0. The molecule has 1 aliphatic heterocycles. The Balaban J connectivity index is 2.54. The summed E-state index contributed by atoms with van der Waals surface area (Å²) in [6.45, 7) is 11.7. The van der Waals surface area contributed by atoms with Crippen LogP contribution in [0.5, 0.6) is 0 Å². The number of nitrogens with zero attached hydrogens (tertiary/aromatic N) is 2. The van der Waals surface area contributed by atoms with Gasteiger partial charge in [0.2, 0.25) is 0 Å². The van der Waals surface area contributed by atoms with Crippen molar-refractivity contribution in [3.05, 3.63) is 0 Å². The summed E-state index contributed by atoms with van der Waals surface area (Å²) < 4.78 is 11.5. The highest BCUT2D eigenvalue weighted by molar-refractivity contribution is 5.66. The third-order valence-electron chi connectivity index (χ3n) is 4.31. The van der Waals surface area contributed by atoms with E-state index in [1.165, 1.54) is 4.90 Å². The second-order valence-corrected chi connectivity index (χ2v) is 8.93. The summed E-state index contributed by atoms with van der Waals surface area (Å²) in [5, 5.41) is 18.9. The third kappa shape index (κ3) is 8.55. The third-order valence-corrected chi connectivity index (χ3v) is 4.31. The van der Waals surface area contributed by atoms with Crippen LogP contribution in [-0.4, -0.2) is 48.2 Å². The number of hydrogen-bond donors (Lipinski definition) is 1. The van der Waals surface area contributed by atoms with Gasteiger partial charge in [0, 0.05) is 13.2 Å². The van der Waals surface area contributed by atoms with E-state index < -0.39 is 12.1 Å². The maximum absolute atomic E-state index is 11.6. The molecule has 2 atom stereocenters. The zero-order chi connectivity index (χ0) is 19.1. The van der Waals surface area contributed by atoms with Crippen LogP contribution in [0.15, 0.2) is 0 Å². The molecular weight excluding hydrogens is 320 g/mol. The maximum Gasteiger partial charge on any atom is 0.408 e. The van der Waals surface area contributed by atoms with Gasteiger partial charge in [-0.25, -0.2) is 4.79 Å². The number of carbonyl (C=O) groups is 1. The van der Waals surface area contributed by atoms with Gasteiger partial charge in [-0.3, -0.25) is 4.90 Å². The molecule has 0 aliphatic carbocycles. The van der Waals surface area contributed by atoms with Crippen molar-refractivity contribution < 1.29 is 19.4 Å². The average molecular weight is 354 g/mol. The van der Waals surface area contributed by atoms with Crippen molar-refractivity contribution in [2.45, 2.75) is 79.1 Å². The molecule has 0 aromatic carbocycles. The van der Waals surface area contributed by atoms with Crippen molar-refractivity contribution >= 4 is 6.09 Å². The fourth-order valence-corrected chi connectivity index (χ4v) is 2.87. The molecule has 0 aromatic rings. The highest BCUT2D eigenvalue weighted by atomic mass is 16.7. The SMILES string of the molecule is CC(C)(C)CN(C(=O)O)C(C#N)CCC(C)(C)COC1CCCCO1. The van der Waals surface area contributed by atoms with Crippen molar-refractivity contribution in [1.82, 2.24) is 4.90 Å². The van der Waals surface area contributed by atoms with Crippen LogP contribution in [0.1, 0.15) is 66.7 Å². The van der Waals surface area contributed by atoms with E-state index in [2.05, 4.69) is 19.9 Å². The quantitative estimate of drug-likeness (QED) is 0.704. The average Bonchev–Trinajstić information content (AvgIpc) is 2.52. The summed E-state index contributed by atoms with van der Waals surface area (Å²) in [6.07, 6.45) is 3.19. The fourth-order valence-electron chi connectivity index (χ4n) is 2.87. The Bertz CT molecular complexity index is 459. The summed E-state index contributed by atoms with van der Waals surface area (Å²) in [5.41, 5.74) is -0.327. The van der Waals surface area contributed by atoms with Gasteiger partial charge in [0.1, 0.15) is 6.04 Å². The van der Waals surface area contributed by atoms with Gasteiger partial charge < -0.3 is 14.6 Å². The summed E-state index contributed by atoms with van der Waals surface area (Å²) in [4.78, 5) is 12.8. The maximum atomic E-state index is 11.6. The molecule has 1 heterocycles. The molecule has 1 saturated heterocycles.